The molecule has 1 aromatic rings. The van der Waals surface area contributed by atoms with Crippen molar-refractivity contribution in [2.24, 2.45) is 0 Å². The van der Waals surface area contributed by atoms with Crippen molar-refractivity contribution in [3.63, 3.8) is 0 Å². The minimum atomic E-state index is -2.91. The molecule has 0 bridgehead atoms. The van der Waals surface area contributed by atoms with Crippen molar-refractivity contribution < 1.29 is 23.0 Å². The molecule has 0 radical (unpaired) electrons. The minimum absolute atomic E-state index is 0.0511. The summed E-state index contributed by atoms with van der Waals surface area (Å²) in [5.74, 6) is -0.425. The lowest BCUT2D eigenvalue weighted by Gasteiger charge is -2.15. The third-order valence-electron chi connectivity index (χ3n) is 2.21. The molecule has 1 atom stereocenters. The molecule has 1 unspecified atom stereocenters. The number of rotatable bonds is 7. The van der Waals surface area contributed by atoms with E-state index < -0.39 is 6.61 Å². The number of ether oxygens (including phenoxy) is 2. The maximum Gasteiger partial charge on any atom is 0.387 e. The Balaban J connectivity index is 2.70. The Kier molecular flexibility index (Phi) is 6.72. The first-order valence-corrected chi connectivity index (χ1v) is 6.59. The van der Waals surface area contributed by atoms with Gasteiger partial charge in [0, 0.05) is 18.0 Å². The van der Waals surface area contributed by atoms with Gasteiger partial charge in [0.25, 0.3) is 5.91 Å². The van der Waals surface area contributed by atoms with Crippen molar-refractivity contribution in [1.82, 2.24) is 5.32 Å². The molecule has 7 heteroatoms. The number of hydrogen-bond donors (Lipinski definition) is 1. The first-order chi connectivity index (χ1) is 9.06. The van der Waals surface area contributed by atoms with E-state index in [1.54, 1.807) is 0 Å². The average Bonchev–Trinajstić information content (AvgIpc) is 2.37. The zero-order valence-electron chi connectivity index (χ0n) is 10.2. The van der Waals surface area contributed by atoms with Crippen LogP contribution in [-0.2, 0) is 4.74 Å². The molecule has 1 rings (SSSR count). The standard InChI is InChI=1S/C12H14BrF2NO3/c1-18-7-9(6-13)16-11(17)8-3-2-4-10(5-8)19-12(14)15/h2-5,9,12H,6-7H2,1H3,(H,16,17). The molecule has 0 spiro atoms. The van der Waals surface area contributed by atoms with Crippen LogP contribution in [-0.4, -0.2) is 37.6 Å². The van der Waals surface area contributed by atoms with Crippen LogP contribution in [0.2, 0.25) is 0 Å². The normalized spacial score (nSPS) is 12.3. The van der Waals surface area contributed by atoms with Crippen LogP contribution >= 0.6 is 15.9 Å². The second-order valence-corrected chi connectivity index (χ2v) is 4.33. The van der Waals surface area contributed by atoms with Crippen molar-refractivity contribution in [2.75, 3.05) is 19.0 Å². The fourth-order valence-corrected chi connectivity index (χ4v) is 1.76. The maximum absolute atomic E-state index is 12.1. The Bertz CT molecular complexity index is 418. The highest BCUT2D eigenvalue weighted by Crippen LogP contribution is 2.16. The summed E-state index contributed by atoms with van der Waals surface area (Å²) in [6, 6.07) is 5.43. The Morgan fingerprint density at radius 2 is 2.21 bits per heavy atom. The number of alkyl halides is 3. The van der Waals surface area contributed by atoms with Crippen molar-refractivity contribution in [3.8, 4) is 5.75 Å². The van der Waals surface area contributed by atoms with E-state index in [0.717, 1.165) is 0 Å². The molecule has 19 heavy (non-hydrogen) atoms. The van der Waals surface area contributed by atoms with E-state index in [-0.39, 0.29) is 23.3 Å². The van der Waals surface area contributed by atoms with E-state index in [2.05, 4.69) is 26.0 Å². The summed E-state index contributed by atoms with van der Waals surface area (Å²) < 4.78 is 33.3. The highest BCUT2D eigenvalue weighted by molar-refractivity contribution is 9.09. The van der Waals surface area contributed by atoms with Crippen LogP contribution in [0.4, 0.5) is 8.78 Å². The molecule has 106 valence electrons. The first-order valence-electron chi connectivity index (χ1n) is 5.47. The summed E-state index contributed by atoms with van der Waals surface area (Å²) in [5.41, 5.74) is 0.250. The minimum Gasteiger partial charge on any atom is -0.435 e. The number of halogens is 3. The predicted molar refractivity (Wildman–Crippen MR) is 70.0 cm³/mol. The number of methoxy groups -OCH3 is 1. The van der Waals surface area contributed by atoms with Crippen molar-refractivity contribution in [3.05, 3.63) is 29.8 Å². The van der Waals surface area contributed by atoms with E-state index in [1.165, 1.54) is 31.4 Å². The van der Waals surface area contributed by atoms with Crippen molar-refractivity contribution in [2.45, 2.75) is 12.7 Å². The molecule has 0 fully saturated rings. The van der Waals surface area contributed by atoms with Gasteiger partial charge in [-0.2, -0.15) is 8.78 Å². The van der Waals surface area contributed by atoms with Gasteiger partial charge in [-0.3, -0.25) is 4.79 Å². The van der Waals surface area contributed by atoms with Gasteiger partial charge in [-0.25, -0.2) is 0 Å². The Morgan fingerprint density at radius 3 is 2.79 bits per heavy atom. The van der Waals surface area contributed by atoms with Crippen LogP contribution in [0.3, 0.4) is 0 Å². The molecule has 0 saturated heterocycles. The third-order valence-corrected chi connectivity index (χ3v) is 2.99. The van der Waals surface area contributed by atoms with Crippen LogP contribution in [0.5, 0.6) is 5.75 Å². The summed E-state index contributed by atoms with van der Waals surface area (Å²) in [5, 5.41) is 3.24. The molecule has 0 aliphatic rings. The Labute approximate surface area is 118 Å². The molecule has 1 amide bonds. The summed E-state index contributed by atoms with van der Waals surface area (Å²) in [6.45, 7) is -2.56. The van der Waals surface area contributed by atoms with E-state index in [0.29, 0.717) is 11.9 Å². The molecule has 1 N–H and O–H groups in total. The van der Waals surface area contributed by atoms with Gasteiger partial charge in [0.05, 0.1) is 12.6 Å². The maximum atomic E-state index is 12.1. The zero-order chi connectivity index (χ0) is 14.3. The fourth-order valence-electron chi connectivity index (χ4n) is 1.41. The van der Waals surface area contributed by atoms with E-state index in [9.17, 15) is 13.6 Å². The summed E-state index contributed by atoms with van der Waals surface area (Å²) in [6.07, 6.45) is 0. The van der Waals surface area contributed by atoms with Gasteiger partial charge in [-0.1, -0.05) is 22.0 Å². The molecule has 1 aromatic carbocycles. The number of carbonyl (C=O) groups excluding carboxylic acids is 1. The van der Waals surface area contributed by atoms with Gasteiger partial charge < -0.3 is 14.8 Å². The number of hydrogen-bond acceptors (Lipinski definition) is 3. The first kappa shape index (κ1) is 15.8. The molecule has 0 aromatic heterocycles. The molecule has 0 aliphatic carbocycles. The highest BCUT2D eigenvalue weighted by atomic mass is 79.9. The fraction of sp³-hybridized carbons (Fsp3) is 0.417. The molecule has 0 heterocycles. The largest absolute Gasteiger partial charge is 0.435 e. The smallest absolute Gasteiger partial charge is 0.387 e. The lowest BCUT2D eigenvalue weighted by atomic mass is 10.2. The SMILES string of the molecule is COCC(CBr)NC(=O)c1cccc(OC(F)F)c1. The molecule has 0 aliphatic heterocycles. The van der Waals surface area contributed by atoms with Crippen LogP contribution < -0.4 is 10.1 Å². The summed E-state index contributed by atoms with van der Waals surface area (Å²) in [4.78, 5) is 11.9. The monoisotopic (exact) mass is 337 g/mol. The van der Waals surface area contributed by atoms with Crippen LogP contribution in [0.1, 0.15) is 10.4 Å². The number of benzene rings is 1. The van der Waals surface area contributed by atoms with Gasteiger partial charge in [0.2, 0.25) is 0 Å². The zero-order valence-corrected chi connectivity index (χ0v) is 11.8. The molecule has 0 saturated carbocycles. The van der Waals surface area contributed by atoms with Crippen LogP contribution in [0.25, 0.3) is 0 Å². The summed E-state index contributed by atoms with van der Waals surface area (Å²) in [7, 11) is 1.53. The number of carbonyl (C=O) groups is 1. The quantitative estimate of drug-likeness (QED) is 0.777. The van der Waals surface area contributed by atoms with Gasteiger partial charge >= 0.3 is 6.61 Å². The van der Waals surface area contributed by atoms with Gasteiger partial charge in [-0.05, 0) is 18.2 Å². The average molecular weight is 338 g/mol. The van der Waals surface area contributed by atoms with Gasteiger partial charge in [0.15, 0.2) is 0 Å². The topological polar surface area (TPSA) is 47.6 Å². The van der Waals surface area contributed by atoms with Crippen molar-refractivity contribution in [1.29, 1.82) is 0 Å². The Morgan fingerprint density at radius 1 is 1.47 bits per heavy atom. The lowest BCUT2D eigenvalue weighted by molar-refractivity contribution is -0.0498. The Hall–Kier alpha value is -1.21. The third kappa shape index (κ3) is 5.52. The van der Waals surface area contributed by atoms with Gasteiger partial charge in [-0.15, -0.1) is 0 Å². The lowest BCUT2D eigenvalue weighted by Crippen LogP contribution is -2.39. The second-order valence-electron chi connectivity index (χ2n) is 3.69. The summed E-state index contributed by atoms with van der Waals surface area (Å²) >= 11 is 3.25. The second kappa shape index (κ2) is 8.06. The molecular formula is C12H14BrF2NO3. The molecule has 4 nitrogen and oxygen atoms in total. The number of amides is 1. The molecular weight excluding hydrogens is 324 g/mol. The van der Waals surface area contributed by atoms with E-state index >= 15 is 0 Å². The number of nitrogens with one attached hydrogen (secondary N) is 1. The predicted octanol–water partition coefficient (Wildman–Crippen LogP) is 2.43. The van der Waals surface area contributed by atoms with E-state index in [1.807, 2.05) is 0 Å². The van der Waals surface area contributed by atoms with Crippen LogP contribution in [0, 0.1) is 0 Å². The van der Waals surface area contributed by atoms with Crippen LogP contribution in [0.15, 0.2) is 24.3 Å². The van der Waals surface area contributed by atoms with Gasteiger partial charge in [0.1, 0.15) is 5.75 Å². The van der Waals surface area contributed by atoms with Crippen molar-refractivity contribution >= 4 is 21.8 Å². The van der Waals surface area contributed by atoms with E-state index in [4.69, 9.17) is 4.74 Å². The highest BCUT2D eigenvalue weighted by Gasteiger charge is 2.14.